The Morgan fingerprint density at radius 3 is 2.41 bits per heavy atom. The Labute approximate surface area is 105 Å². The van der Waals surface area contributed by atoms with Crippen molar-refractivity contribution in [3.05, 3.63) is 0 Å². The molecule has 0 radical (unpaired) electrons. The Balaban J connectivity index is 1.89. The van der Waals surface area contributed by atoms with Crippen LogP contribution in [0.1, 0.15) is 19.8 Å². The molecule has 1 unspecified atom stereocenters. The third-order valence-corrected chi connectivity index (χ3v) is 4.50. The van der Waals surface area contributed by atoms with Gasteiger partial charge in [-0.1, -0.05) is 0 Å². The van der Waals surface area contributed by atoms with Gasteiger partial charge >= 0.3 is 0 Å². The summed E-state index contributed by atoms with van der Waals surface area (Å²) in [6.45, 7) is 3.76. The predicted molar refractivity (Wildman–Crippen MR) is 67.7 cm³/mol. The number of nitrogens with two attached hydrogens (primary N) is 1. The maximum atomic E-state index is 12.0. The van der Waals surface area contributed by atoms with Crippen LogP contribution in [0.2, 0.25) is 0 Å². The molecule has 0 aromatic carbocycles. The topological polar surface area (TPSA) is 75.4 Å². The lowest BCUT2D eigenvalue weighted by Gasteiger charge is -2.31. The van der Waals surface area contributed by atoms with Crippen LogP contribution in [-0.2, 0) is 9.59 Å². The molecule has 2 fully saturated rings. The molecule has 0 aromatic heterocycles. The number of nitrogens with zero attached hydrogens (tertiary/aromatic N) is 1. The molecule has 0 bridgehead atoms. The van der Waals surface area contributed by atoms with Crippen LogP contribution in [0.4, 0.5) is 0 Å². The second-order valence-electron chi connectivity index (χ2n) is 4.76. The summed E-state index contributed by atoms with van der Waals surface area (Å²) >= 11 is 1.91. The molecule has 2 amide bonds. The smallest absolute Gasteiger partial charge is 0.243 e. The largest absolute Gasteiger partial charge is 0.368 e. The van der Waals surface area contributed by atoms with E-state index in [9.17, 15) is 9.59 Å². The SMILES string of the molecule is CC(C(=O)NC1(C(N)=O)CC1)N1CCSCC1. The zero-order valence-corrected chi connectivity index (χ0v) is 10.9. The third kappa shape index (κ3) is 2.74. The van der Waals surface area contributed by atoms with Crippen LogP contribution in [0.3, 0.4) is 0 Å². The molecule has 0 spiro atoms. The van der Waals surface area contributed by atoms with Gasteiger partial charge in [-0.15, -0.1) is 0 Å². The molecule has 1 heterocycles. The Morgan fingerprint density at radius 2 is 1.94 bits per heavy atom. The number of amides is 2. The van der Waals surface area contributed by atoms with Crippen molar-refractivity contribution in [2.24, 2.45) is 5.73 Å². The van der Waals surface area contributed by atoms with Crippen molar-refractivity contribution in [2.75, 3.05) is 24.6 Å². The van der Waals surface area contributed by atoms with Crippen LogP contribution in [0.5, 0.6) is 0 Å². The number of carbonyl (C=O) groups excluding carboxylic acids is 2. The number of rotatable bonds is 4. The summed E-state index contributed by atoms with van der Waals surface area (Å²) in [5.74, 6) is 1.65. The summed E-state index contributed by atoms with van der Waals surface area (Å²) in [7, 11) is 0. The number of carbonyl (C=O) groups is 2. The second-order valence-corrected chi connectivity index (χ2v) is 5.98. The summed E-state index contributed by atoms with van der Waals surface area (Å²) in [5.41, 5.74) is 4.55. The van der Waals surface area contributed by atoms with Gasteiger partial charge in [0, 0.05) is 24.6 Å². The molecule has 0 aromatic rings. The van der Waals surface area contributed by atoms with E-state index in [2.05, 4.69) is 10.2 Å². The first-order valence-corrected chi connectivity index (χ1v) is 7.14. The van der Waals surface area contributed by atoms with Gasteiger partial charge in [-0.2, -0.15) is 11.8 Å². The normalized spacial score (nSPS) is 25.0. The predicted octanol–water partition coefficient (Wildman–Crippen LogP) is -0.442. The van der Waals surface area contributed by atoms with Gasteiger partial charge in [0.2, 0.25) is 11.8 Å². The van der Waals surface area contributed by atoms with E-state index >= 15 is 0 Å². The van der Waals surface area contributed by atoms with Crippen LogP contribution in [0, 0.1) is 0 Å². The minimum Gasteiger partial charge on any atom is -0.368 e. The highest BCUT2D eigenvalue weighted by Crippen LogP contribution is 2.35. The molecule has 17 heavy (non-hydrogen) atoms. The molecular formula is C11H19N3O2S. The third-order valence-electron chi connectivity index (χ3n) is 3.56. The fourth-order valence-electron chi connectivity index (χ4n) is 2.03. The van der Waals surface area contributed by atoms with Gasteiger partial charge in [0.15, 0.2) is 0 Å². The minimum absolute atomic E-state index is 0.0757. The van der Waals surface area contributed by atoms with E-state index in [1.807, 2.05) is 18.7 Å². The monoisotopic (exact) mass is 257 g/mol. The van der Waals surface area contributed by atoms with Gasteiger partial charge in [-0.05, 0) is 19.8 Å². The van der Waals surface area contributed by atoms with Crippen molar-refractivity contribution in [3.8, 4) is 0 Å². The summed E-state index contributed by atoms with van der Waals surface area (Å²) in [6.07, 6.45) is 1.35. The highest BCUT2D eigenvalue weighted by atomic mass is 32.2. The van der Waals surface area contributed by atoms with Crippen molar-refractivity contribution in [2.45, 2.75) is 31.3 Å². The summed E-state index contributed by atoms with van der Waals surface area (Å²) in [6, 6.07) is -0.173. The Bertz CT molecular complexity index is 325. The first-order valence-electron chi connectivity index (χ1n) is 5.99. The fraction of sp³-hybridized carbons (Fsp3) is 0.818. The van der Waals surface area contributed by atoms with Crippen LogP contribution < -0.4 is 11.1 Å². The number of hydrogen-bond acceptors (Lipinski definition) is 4. The first kappa shape index (κ1) is 12.7. The first-order chi connectivity index (χ1) is 8.05. The number of hydrogen-bond donors (Lipinski definition) is 2. The molecule has 1 aliphatic heterocycles. The zero-order chi connectivity index (χ0) is 12.5. The summed E-state index contributed by atoms with van der Waals surface area (Å²) < 4.78 is 0. The fourth-order valence-corrected chi connectivity index (χ4v) is 2.96. The summed E-state index contributed by atoms with van der Waals surface area (Å²) in [5, 5.41) is 2.80. The zero-order valence-electron chi connectivity index (χ0n) is 10.1. The van der Waals surface area contributed by atoms with Crippen LogP contribution in [-0.4, -0.2) is 52.9 Å². The van der Waals surface area contributed by atoms with E-state index in [1.54, 1.807) is 0 Å². The Morgan fingerprint density at radius 1 is 1.35 bits per heavy atom. The number of primary amides is 1. The molecule has 5 nitrogen and oxygen atoms in total. The van der Waals surface area contributed by atoms with Crippen molar-refractivity contribution in [3.63, 3.8) is 0 Å². The molecule has 2 rings (SSSR count). The van der Waals surface area contributed by atoms with Gasteiger partial charge in [-0.3, -0.25) is 14.5 Å². The van der Waals surface area contributed by atoms with Crippen molar-refractivity contribution >= 4 is 23.6 Å². The van der Waals surface area contributed by atoms with E-state index in [0.29, 0.717) is 12.8 Å². The number of thioether (sulfide) groups is 1. The average molecular weight is 257 g/mol. The van der Waals surface area contributed by atoms with Crippen molar-refractivity contribution < 1.29 is 9.59 Å². The van der Waals surface area contributed by atoms with Gasteiger partial charge in [0.1, 0.15) is 5.54 Å². The second kappa shape index (κ2) is 4.86. The lowest BCUT2D eigenvalue weighted by Crippen LogP contribution is -2.54. The molecule has 1 saturated carbocycles. The maximum Gasteiger partial charge on any atom is 0.243 e. The quantitative estimate of drug-likeness (QED) is 0.716. The highest BCUT2D eigenvalue weighted by Gasteiger charge is 2.50. The molecule has 3 N–H and O–H groups in total. The minimum atomic E-state index is -0.740. The average Bonchev–Trinajstić information content (AvgIpc) is 3.10. The lowest BCUT2D eigenvalue weighted by atomic mass is 10.2. The molecule has 96 valence electrons. The van der Waals surface area contributed by atoms with E-state index in [0.717, 1.165) is 24.6 Å². The van der Waals surface area contributed by atoms with Gasteiger partial charge in [0.05, 0.1) is 6.04 Å². The maximum absolute atomic E-state index is 12.0. The lowest BCUT2D eigenvalue weighted by molar-refractivity contribution is -0.131. The van der Waals surface area contributed by atoms with Crippen molar-refractivity contribution in [1.82, 2.24) is 10.2 Å². The molecule has 1 atom stereocenters. The van der Waals surface area contributed by atoms with Gasteiger partial charge < -0.3 is 11.1 Å². The van der Waals surface area contributed by atoms with E-state index < -0.39 is 11.4 Å². The summed E-state index contributed by atoms with van der Waals surface area (Å²) in [4.78, 5) is 25.4. The number of nitrogens with one attached hydrogen (secondary N) is 1. The molecule has 1 saturated heterocycles. The van der Waals surface area contributed by atoms with Gasteiger partial charge in [-0.25, -0.2) is 0 Å². The van der Waals surface area contributed by atoms with Gasteiger partial charge in [0.25, 0.3) is 0 Å². The molecule has 2 aliphatic rings. The van der Waals surface area contributed by atoms with Crippen molar-refractivity contribution in [1.29, 1.82) is 0 Å². The Hall–Kier alpha value is -0.750. The Kier molecular flexibility index (Phi) is 3.63. The molecule has 1 aliphatic carbocycles. The van der Waals surface area contributed by atoms with Crippen LogP contribution in [0.15, 0.2) is 0 Å². The van der Waals surface area contributed by atoms with Crippen LogP contribution in [0.25, 0.3) is 0 Å². The highest BCUT2D eigenvalue weighted by molar-refractivity contribution is 7.99. The van der Waals surface area contributed by atoms with Crippen LogP contribution >= 0.6 is 11.8 Å². The standard InChI is InChI=1S/C11H19N3O2S/c1-8(14-4-6-17-7-5-14)9(15)13-11(2-3-11)10(12)16/h8H,2-7H2,1H3,(H2,12,16)(H,13,15). The molecule has 6 heteroatoms. The molecular weight excluding hydrogens is 238 g/mol. The van der Waals surface area contributed by atoms with E-state index in [-0.39, 0.29) is 11.9 Å². The van der Waals surface area contributed by atoms with E-state index in [4.69, 9.17) is 5.73 Å². The van der Waals surface area contributed by atoms with E-state index in [1.165, 1.54) is 0 Å².